The molecule has 0 aliphatic rings. The van der Waals surface area contributed by atoms with Gasteiger partial charge in [-0.1, -0.05) is 27.7 Å². The van der Waals surface area contributed by atoms with Gasteiger partial charge in [0, 0.05) is 0 Å². The summed E-state index contributed by atoms with van der Waals surface area (Å²) in [5, 5.41) is 4.85. The van der Waals surface area contributed by atoms with E-state index >= 15 is 8.78 Å². The molecule has 0 N–H and O–H groups in total. The fraction of sp³-hybridized carbons (Fsp3) is 0.475. The van der Waals surface area contributed by atoms with Crippen LogP contribution in [0.4, 0.5) is 8.78 Å². The van der Waals surface area contributed by atoms with Gasteiger partial charge in [-0.15, -0.1) is 0 Å². The fourth-order valence-corrected chi connectivity index (χ4v) is 35.3. The zero-order valence-corrected chi connectivity index (χ0v) is 71.8. The normalized spacial score (nSPS) is 13.9. The van der Waals surface area contributed by atoms with Crippen molar-refractivity contribution in [3.63, 3.8) is 0 Å². The number of fused-ring (bicyclic) bond motifs is 5. The summed E-state index contributed by atoms with van der Waals surface area (Å²) in [4.78, 5) is 27.4. The molecule has 0 aliphatic carbocycles. The number of nitrogens with zero attached hydrogens (tertiary/aromatic N) is 2. The van der Waals surface area contributed by atoms with E-state index in [-0.39, 0.29) is 11.1 Å². The van der Waals surface area contributed by atoms with E-state index in [1.165, 1.54) is 184 Å². The molecular weight excluding hydrogens is 1550 g/mol. The Morgan fingerprint density at radius 2 is 0.611 bits per heavy atom. The first-order valence-electron chi connectivity index (χ1n) is 35.9. The van der Waals surface area contributed by atoms with Gasteiger partial charge in [-0.05, 0) is 0 Å². The van der Waals surface area contributed by atoms with E-state index in [2.05, 4.69) is 158 Å². The molecule has 12 aromatic rings. The first-order chi connectivity index (χ1) is 45.8. The number of hydrogen-bond acceptors (Lipinski definition) is 11. The van der Waals surface area contributed by atoms with E-state index in [0.717, 1.165) is 57.6 Å². The van der Waals surface area contributed by atoms with Crippen LogP contribution < -0.4 is 5.79 Å². The van der Waals surface area contributed by atoms with Crippen LogP contribution in [-0.2, 0) is 25.7 Å². The van der Waals surface area contributed by atoms with Crippen molar-refractivity contribution in [3.05, 3.63) is 104 Å². The summed E-state index contributed by atoms with van der Waals surface area (Å²) in [6, 6.07) is 28.6. The number of rotatable bonds is 32. The summed E-state index contributed by atoms with van der Waals surface area (Å²) in [7, 11) is 0. The van der Waals surface area contributed by atoms with Crippen LogP contribution in [0.1, 0.15) is 178 Å². The monoisotopic (exact) mass is 1650 g/mol. The third-order valence-electron chi connectivity index (χ3n) is 20.2. The van der Waals surface area contributed by atoms with Gasteiger partial charge in [-0.25, -0.2) is 0 Å². The summed E-state index contributed by atoms with van der Waals surface area (Å²) in [5.74, 6) is 0.903. The zero-order chi connectivity index (χ0) is 67.0. The third kappa shape index (κ3) is 15.2. The molecule has 0 bridgehead atoms. The van der Waals surface area contributed by atoms with Crippen molar-refractivity contribution in [2.45, 2.75) is 213 Å². The summed E-state index contributed by atoms with van der Waals surface area (Å²) >= 11 is 10.8. The van der Waals surface area contributed by atoms with Crippen molar-refractivity contribution in [3.8, 4) is 62.6 Å². The molecule has 504 valence electrons. The van der Waals surface area contributed by atoms with Crippen molar-refractivity contribution < 1.29 is 8.78 Å². The van der Waals surface area contributed by atoms with Crippen molar-refractivity contribution >= 4 is 196 Å². The van der Waals surface area contributed by atoms with Crippen LogP contribution in [0.25, 0.3) is 114 Å². The Bertz CT molecular complexity index is 4100. The Labute approximate surface area is 610 Å². The molecule has 0 saturated carbocycles. The molecule has 3 aromatic carbocycles. The molecule has 12 rings (SSSR count). The van der Waals surface area contributed by atoms with E-state index < -0.39 is 48.4 Å². The van der Waals surface area contributed by atoms with Gasteiger partial charge in [0.1, 0.15) is 0 Å². The summed E-state index contributed by atoms with van der Waals surface area (Å²) < 4.78 is 55.3. The van der Waals surface area contributed by atoms with E-state index in [1.807, 2.05) is 68.0 Å². The van der Waals surface area contributed by atoms with Gasteiger partial charge in [-0.2, -0.15) is 0 Å². The Kier molecular flexibility index (Phi) is 24.0. The number of aromatic nitrogens is 2. The third-order valence-corrected chi connectivity index (χ3v) is 48.8. The minimum atomic E-state index is -2.66. The van der Waals surface area contributed by atoms with Crippen molar-refractivity contribution in [1.29, 1.82) is 0 Å². The van der Waals surface area contributed by atoms with E-state index in [0.29, 0.717) is 44.5 Å². The molecule has 0 amide bonds. The Morgan fingerprint density at radius 1 is 0.337 bits per heavy atom. The standard InChI is InChI=1S/C74H80F2N2S9.6CH3.2Sn/c1-9-17-21-43(13-5)37-47-25-29-55(81-47)61-51-33-35-79-71(51)63(57-31-27-49(83-57)39-45(15-7)23-19-11-3)53-41-59(85-73(53)61)65-67(75)68(76)66(70-69(65)77-87-78-70)60-42-54-64(58-32-28-50(84-58)40-46(16-8)24-20-12-4)72-52(34-36-80-72)62(74(54)86-60)56-30-26-48(82-56)38-44(14-6)22-18-10-2;;;;;;;;/h25-34,41-46H,9-24,37-40H2,1-8H3;6*1H3;;. The topological polar surface area (TPSA) is 25.8 Å². The predicted molar refractivity (Wildman–Crippen MR) is 437 cm³/mol. The minimum absolute atomic E-state index is 0.222. The second-order valence-electron chi connectivity index (χ2n) is 29.3. The van der Waals surface area contributed by atoms with Crippen LogP contribution >= 0.6 is 102 Å². The quantitative estimate of drug-likeness (QED) is 0.0393. The molecule has 0 saturated heterocycles. The van der Waals surface area contributed by atoms with E-state index in [1.54, 1.807) is 28.5 Å². The molecule has 15 heteroatoms. The second kappa shape index (κ2) is 31.4. The van der Waals surface area contributed by atoms with Crippen LogP contribution in [-0.4, -0.2) is 45.5 Å². The molecule has 9 heterocycles. The van der Waals surface area contributed by atoms with Gasteiger partial charge in [0.15, 0.2) is 0 Å². The SMILES string of the molecule is CCCCC(CC)Cc1ccc(-c2c3c[c]([Sn]([CH3])([CH3])[CH3])sc3c(-c3ccc(CC(CC)CCCC)s3)c3cc(-c4c(F)c(F)c(-c5cc6c(-c7ccc(CC(CC)CCCC)s7)c7s[c]([Sn]([CH3])([CH3])[CH3])cc7c(-c7ccc(CC(CC)CCCC)s7)c6s5)c5nsnc45)sc23)s1. The molecule has 0 fully saturated rings. The number of halogens is 2. The maximum atomic E-state index is 18.6. The molecule has 0 radical (unpaired) electrons. The summed E-state index contributed by atoms with van der Waals surface area (Å²) in [5.41, 5.74) is 6.29. The van der Waals surface area contributed by atoms with Gasteiger partial charge in [0.05, 0.1) is 0 Å². The molecule has 95 heavy (non-hydrogen) atoms. The van der Waals surface area contributed by atoms with Gasteiger partial charge in [0.25, 0.3) is 0 Å². The van der Waals surface area contributed by atoms with Crippen molar-refractivity contribution in [2.24, 2.45) is 23.7 Å². The Hall–Kier alpha value is -2.42. The Morgan fingerprint density at radius 3 is 0.874 bits per heavy atom. The first kappa shape index (κ1) is 72.4. The molecule has 9 aromatic heterocycles. The predicted octanol–water partition coefficient (Wildman–Crippen LogP) is 29.2. The van der Waals surface area contributed by atoms with Crippen LogP contribution in [0.5, 0.6) is 0 Å². The van der Waals surface area contributed by atoms with Crippen LogP contribution in [0.3, 0.4) is 0 Å². The molecule has 2 nitrogen and oxygen atoms in total. The average Bonchev–Trinajstić information content (AvgIpc) is 1.58. The van der Waals surface area contributed by atoms with Crippen molar-refractivity contribution in [1.82, 2.24) is 8.75 Å². The van der Waals surface area contributed by atoms with Gasteiger partial charge in [-0.3, -0.25) is 0 Å². The van der Waals surface area contributed by atoms with Gasteiger partial charge >= 0.3 is 590 Å². The molecule has 4 unspecified atom stereocenters. The van der Waals surface area contributed by atoms with Gasteiger partial charge < -0.3 is 0 Å². The van der Waals surface area contributed by atoms with Crippen LogP contribution in [0, 0.1) is 35.3 Å². The van der Waals surface area contributed by atoms with Crippen LogP contribution in [0.15, 0.2) is 72.8 Å². The second-order valence-corrected chi connectivity index (χ2v) is 69.5. The summed E-state index contributed by atoms with van der Waals surface area (Å²) in [6.07, 6.45) is 23.9. The van der Waals surface area contributed by atoms with E-state index in [4.69, 9.17) is 8.75 Å². The maximum absolute atomic E-state index is 18.6. The molecule has 4 atom stereocenters. The Balaban J connectivity index is 1.07. The average molecular weight is 1650 g/mol. The zero-order valence-electron chi connectivity index (χ0n) is 58.7. The summed E-state index contributed by atoms with van der Waals surface area (Å²) in [6.45, 7) is 18.6. The van der Waals surface area contributed by atoms with Gasteiger partial charge in [0.2, 0.25) is 0 Å². The van der Waals surface area contributed by atoms with E-state index in [9.17, 15) is 0 Å². The molecular formula is C80H98F2N2S9Sn2. The molecule has 0 aliphatic heterocycles. The number of benzene rings is 3. The van der Waals surface area contributed by atoms with Crippen molar-refractivity contribution in [2.75, 3.05) is 0 Å². The first-order valence-corrected chi connectivity index (χ1v) is 63.1. The number of thiophene rings is 8. The molecule has 0 spiro atoms. The number of hydrogen-bond donors (Lipinski definition) is 0. The number of unbranched alkanes of at least 4 members (excludes halogenated alkanes) is 4. The van der Waals surface area contributed by atoms with Crippen LogP contribution in [0.2, 0.25) is 29.6 Å². The fourth-order valence-electron chi connectivity index (χ4n) is 14.3.